The number of hydrogen-bond donors (Lipinski definition) is 1. The third-order valence-electron chi connectivity index (χ3n) is 2.37. The molecule has 0 aliphatic heterocycles. The van der Waals surface area contributed by atoms with E-state index in [1.807, 2.05) is 6.92 Å². The third kappa shape index (κ3) is 4.06. The van der Waals surface area contributed by atoms with Gasteiger partial charge in [-0.25, -0.2) is 0 Å². The number of amides is 1. The van der Waals surface area contributed by atoms with Crippen LogP contribution in [0.3, 0.4) is 0 Å². The zero-order valence-corrected chi connectivity index (χ0v) is 10.9. The maximum Gasteiger partial charge on any atom is 0.252 e. The molecule has 0 aliphatic carbocycles. The maximum atomic E-state index is 11.8. The number of aryl methyl sites for hydroxylation is 1. The van der Waals surface area contributed by atoms with Crippen LogP contribution in [-0.4, -0.2) is 17.0 Å². The Bertz CT molecular complexity index is 455. The minimum absolute atomic E-state index is 0.0505. The van der Waals surface area contributed by atoms with Gasteiger partial charge in [0.1, 0.15) is 0 Å². The Morgan fingerprint density at radius 1 is 1.35 bits per heavy atom. The first kappa shape index (κ1) is 13.5. The number of rotatable bonds is 3. The van der Waals surface area contributed by atoms with Gasteiger partial charge in [0.15, 0.2) is 0 Å². The summed E-state index contributed by atoms with van der Waals surface area (Å²) >= 11 is 0. The minimum atomic E-state index is -0.137. The number of nitrogens with one attached hydrogen (secondary N) is 1. The summed E-state index contributed by atoms with van der Waals surface area (Å²) in [6, 6.07) is 2.99. The molecule has 0 atom stereocenters. The quantitative estimate of drug-likeness (QED) is 0.867. The molecule has 0 spiro atoms. The van der Waals surface area contributed by atoms with Gasteiger partial charge in [0.25, 0.3) is 11.5 Å². The van der Waals surface area contributed by atoms with Crippen molar-refractivity contribution in [3.05, 3.63) is 34.2 Å². The van der Waals surface area contributed by atoms with Gasteiger partial charge in [-0.15, -0.1) is 0 Å². The molecule has 4 heteroatoms. The van der Waals surface area contributed by atoms with E-state index in [1.54, 1.807) is 12.3 Å². The smallest absolute Gasteiger partial charge is 0.252 e. The minimum Gasteiger partial charge on any atom is -0.351 e. The molecule has 4 nitrogen and oxygen atoms in total. The first-order chi connectivity index (χ1) is 7.83. The molecular weight excluding hydrogens is 216 g/mol. The van der Waals surface area contributed by atoms with Crippen LogP contribution < -0.4 is 10.9 Å². The van der Waals surface area contributed by atoms with Crippen molar-refractivity contribution in [1.82, 2.24) is 9.88 Å². The highest BCUT2D eigenvalue weighted by atomic mass is 16.2. The number of carbonyl (C=O) groups excluding carboxylic acids is 1. The number of hydrogen-bond acceptors (Lipinski definition) is 2. The lowest BCUT2D eigenvalue weighted by Gasteiger charge is -2.18. The Morgan fingerprint density at radius 2 is 2.00 bits per heavy atom. The van der Waals surface area contributed by atoms with Crippen LogP contribution in [0.1, 0.15) is 38.1 Å². The van der Waals surface area contributed by atoms with Crippen molar-refractivity contribution < 1.29 is 4.79 Å². The van der Waals surface area contributed by atoms with Crippen molar-refractivity contribution >= 4 is 5.91 Å². The van der Waals surface area contributed by atoms with Gasteiger partial charge >= 0.3 is 0 Å². The van der Waals surface area contributed by atoms with Gasteiger partial charge in [-0.3, -0.25) is 9.59 Å². The van der Waals surface area contributed by atoms with Gasteiger partial charge in [-0.05, 0) is 18.4 Å². The second kappa shape index (κ2) is 5.17. The van der Waals surface area contributed by atoms with E-state index in [9.17, 15) is 9.59 Å². The fourth-order valence-corrected chi connectivity index (χ4v) is 1.36. The normalized spacial score (nSPS) is 11.3. The summed E-state index contributed by atoms with van der Waals surface area (Å²) in [4.78, 5) is 23.2. The average molecular weight is 236 g/mol. The second-order valence-corrected chi connectivity index (χ2v) is 5.29. The third-order valence-corrected chi connectivity index (χ3v) is 2.37. The molecule has 0 unspecified atom stereocenters. The molecule has 1 aromatic rings. The highest BCUT2D eigenvalue weighted by Gasteiger charge is 2.13. The second-order valence-electron chi connectivity index (χ2n) is 5.29. The van der Waals surface area contributed by atoms with E-state index in [0.29, 0.717) is 18.7 Å². The molecule has 1 N–H and O–H groups in total. The molecule has 1 heterocycles. The monoisotopic (exact) mass is 236 g/mol. The first-order valence-corrected chi connectivity index (χ1v) is 5.82. The van der Waals surface area contributed by atoms with Crippen molar-refractivity contribution in [2.24, 2.45) is 5.41 Å². The van der Waals surface area contributed by atoms with Gasteiger partial charge < -0.3 is 9.88 Å². The summed E-state index contributed by atoms with van der Waals surface area (Å²) < 4.78 is 1.52. The van der Waals surface area contributed by atoms with E-state index in [4.69, 9.17) is 0 Å². The highest BCUT2D eigenvalue weighted by Crippen LogP contribution is 2.10. The molecule has 0 saturated heterocycles. The lowest BCUT2D eigenvalue weighted by molar-refractivity contribution is 0.0938. The summed E-state index contributed by atoms with van der Waals surface area (Å²) in [5, 5.41) is 2.86. The van der Waals surface area contributed by atoms with Crippen LogP contribution in [0.2, 0.25) is 0 Å². The van der Waals surface area contributed by atoms with E-state index in [2.05, 4.69) is 26.1 Å². The topological polar surface area (TPSA) is 51.1 Å². The standard InChI is InChI=1S/C13H20N2O2/c1-5-15-8-10(6-7-11(15)16)12(17)14-9-13(2,3)4/h6-8H,5,9H2,1-4H3,(H,14,17). The Kier molecular flexibility index (Phi) is 4.10. The average Bonchev–Trinajstić information content (AvgIpc) is 2.25. The van der Waals surface area contributed by atoms with Gasteiger partial charge in [-0.2, -0.15) is 0 Å². The molecule has 1 amide bonds. The number of aromatic nitrogens is 1. The molecule has 94 valence electrons. The fourth-order valence-electron chi connectivity index (χ4n) is 1.36. The molecule has 0 aromatic carbocycles. The van der Waals surface area contributed by atoms with E-state index in [1.165, 1.54) is 10.6 Å². The largest absolute Gasteiger partial charge is 0.351 e. The van der Waals surface area contributed by atoms with E-state index in [0.717, 1.165) is 0 Å². The van der Waals surface area contributed by atoms with Crippen LogP contribution in [0.15, 0.2) is 23.1 Å². The van der Waals surface area contributed by atoms with Crippen LogP contribution in [0.25, 0.3) is 0 Å². The molecular formula is C13H20N2O2. The number of nitrogens with zero attached hydrogens (tertiary/aromatic N) is 1. The predicted molar refractivity (Wildman–Crippen MR) is 68.2 cm³/mol. The molecule has 1 rings (SSSR count). The molecule has 0 aliphatic rings. The van der Waals surface area contributed by atoms with Crippen LogP contribution in [0, 0.1) is 5.41 Å². The van der Waals surface area contributed by atoms with E-state index >= 15 is 0 Å². The number of pyridine rings is 1. The van der Waals surface area contributed by atoms with Crippen molar-refractivity contribution in [2.45, 2.75) is 34.2 Å². The van der Waals surface area contributed by atoms with Gasteiger partial charge in [0.2, 0.25) is 0 Å². The fraction of sp³-hybridized carbons (Fsp3) is 0.538. The van der Waals surface area contributed by atoms with Crippen LogP contribution >= 0.6 is 0 Å². The van der Waals surface area contributed by atoms with E-state index in [-0.39, 0.29) is 16.9 Å². The Hall–Kier alpha value is -1.58. The van der Waals surface area contributed by atoms with Crippen LogP contribution in [-0.2, 0) is 6.54 Å². The summed E-state index contributed by atoms with van der Waals surface area (Å²) in [7, 11) is 0. The first-order valence-electron chi connectivity index (χ1n) is 5.82. The predicted octanol–water partition coefficient (Wildman–Crippen LogP) is 1.64. The Morgan fingerprint density at radius 3 is 2.53 bits per heavy atom. The molecule has 0 fully saturated rings. The maximum absolute atomic E-state index is 11.8. The van der Waals surface area contributed by atoms with Crippen molar-refractivity contribution in [3.8, 4) is 0 Å². The van der Waals surface area contributed by atoms with E-state index < -0.39 is 0 Å². The zero-order valence-electron chi connectivity index (χ0n) is 10.9. The summed E-state index contributed by atoms with van der Waals surface area (Å²) in [6.07, 6.45) is 1.60. The van der Waals surface area contributed by atoms with Crippen LogP contribution in [0.4, 0.5) is 0 Å². The lowest BCUT2D eigenvalue weighted by atomic mass is 9.97. The summed E-state index contributed by atoms with van der Waals surface area (Å²) in [5.41, 5.74) is 0.491. The number of carbonyl (C=O) groups is 1. The van der Waals surface area contributed by atoms with Crippen molar-refractivity contribution in [1.29, 1.82) is 0 Å². The van der Waals surface area contributed by atoms with Crippen molar-refractivity contribution in [2.75, 3.05) is 6.54 Å². The highest BCUT2D eigenvalue weighted by molar-refractivity contribution is 5.93. The zero-order chi connectivity index (χ0) is 13.1. The molecule has 17 heavy (non-hydrogen) atoms. The van der Waals surface area contributed by atoms with Crippen molar-refractivity contribution in [3.63, 3.8) is 0 Å². The summed E-state index contributed by atoms with van der Waals surface area (Å²) in [5.74, 6) is -0.137. The SMILES string of the molecule is CCn1cc(C(=O)NCC(C)(C)C)ccc1=O. The Labute approximate surface area is 102 Å². The van der Waals surface area contributed by atoms with Crippen LogP contribution in [0.5, 0.6) is 0 Å². The van der Waals surface area contributed by atoms with Gasteiger partial charge in [0, 0.05) is 25.4 Å². The van der Waals surface area contributed by atoms with Gasteiger partial charge in [0.05, 0.1) is 5.56 Å². The molecule has 0 radical (unpaired) electrons. The Balaban J connectivity index is 2.80. The summed E-state index contributed by atoms with van der Waals surface area (Å²) in [6.45, 7) is 9.22. The molecule has 0 bridgehead atoms. The van der Waals surface area contributed by atoms with Gasteiger partial charge in [-0.1, -0.05) is 20.8 Å². The lowest BCUT2D eigenvalue weighted by Crippen LogP contribution is -2.33. The molecule has 1 aromatic heterocycles. The molecule has 0 saturated carbocycles.